The molecule has 0 bridgehead atoms. The molecule has 186 valence electrons. The molecule has 1 saturated heterocycles. The molecule has 2 aromatic rings. The minimum absolute atomic E-state index is 0.358. The van der Waals surface area contributed by atoms with E-state index in [9.17, 15) is 19.5 Å². The van der Waals surface area contributed by atoms with Crippen LogP contribution < -0.4 is 20.9 Å². The number of hydrogen-bond donors (Lipinski definition) is 3. The Morgan fingerprint density at radius 2 is 2.06 bits per heavy atom. The molecule has 34 heavy (non-hydrogen) atoms. The van der Waals surface area contributed by atoms with Crippen LogP contribution in [0, 0.1) is 0 Å². The second-order valence-electron chi connectivity index (χ2n) is 7.71. The summed E-state index contributed by atoms with van der Waals surface area (Å²) in [6.07, 6.45) is -3.44. The van der Waals surface area contributed by atoms with Crippen LogP contribution in [0.4, 0.5) is 4.39 Å². The molecular weight excluding hydrogens is 492 g/mol. The summed E-state index contributed by atoms with van der Waals surface area (Å²) in [5, 5.41) is 13.4. The van der Waals surface area contributed by atoms with Gasteiger partial charge < -0.3 is 23.6 Å². The van der Waals surface area contributed by atoms with Crippen LogP contribution in [0.15, 0.2) is 52.2 Å². The third-order valence-corrected chi connectivity index (χ3v) is 7.60. The zero-order valence-corrected chi connectivity index (χ0v) is 20.3. The molecule has 11 nitrogen and oxygen atoms in total. The zero-order valence-electron chi connectivity index (χ0n) is 18.5. The number of aromatic amines is 1. The van der Waals surface area contributed by atoms with Gasteiger partial charge in [0.1, 0.15) is 24.0 Å². The third kappa shape index (κ3) is 5.80. The lowest BCUT2D eigenvalue weighted by molar-refractivity contribution is -0.142. The van der Waals surface area contributed by atoms with E-state index < -0.39 is 60.6 Å². The van der Waals surface area contributed by atoms with Gasteiger partial charge in [-0.15, -0.1) is 0 Å². The lowest BCUT2D eigenvalue weighted by Gasteiger charge is -2.27. The van der Waals surface area contributed by atoms with Crippen molar-refractivity contribution in [1.29, 1.82) is 0 Å². The van der Waals surface area contributed by atoms with Crippen LogP contribution >= 0.6 is 6.64 Å². The second-order valence-corrected chi connectivity index (χ2v) is 10.8. The van der Waals surface area contributed by atoms with Gasteiger partial charge in [0.15, 0.2) is 11.9 Å². The zero-order chi connectivity index (χ0) is 25.1. The Balaban J connectivity index is 1.80. The van der Waals surface area contributed by atoms with Gasteiger partial charge >= 0.3 is 18.3 Å². The quantitative estimate of drug-likeness (QED) is 0.326. The van der Waals surface area contributed by atoms with Crippen LogP contribution in [0.3, 0.4) is 0 Å². The van der Waals surface area contributed by atoms with Crippen molar-refractivity contribution in [3.05, 3.63) is 63.4 Å². The summed E-state index contributed by atoms with van der Waals surface area (Å²) in [7, 11) is 1.21. The van der Waals surface area contributed by atoms with E-state index in [4.69, 9.17) is 30.3 Å². The number of methoxy groups -OCH3 is 1. The Hall–Kier alpha value is -2.41. The first-order valence-corrected chi connectivity index (χ1v) is 12.8. The summed E-state index contributed by atoms with van der Waals surface area (Å²) >= 11 is 5.54. The summed E-state index contributed by atoms with van der Waals surface area (Å²) in [6, 6.07) is 8.59. The molecule has 0 radical (unpaired) electrons. The number of rotatable bonds is 9. The number of carbonyl (C=O) groups excluding carboxylic acids is 1. The Labute approximate surface area is 199 Å². The van der Waals surface area contributed by atoms with Gasteiger partial charge in [0.25, 0.3) is 5.56 Å². The number of nitrogens with zero attached hydrogens (tertiary/aromatic N) is 1. The summed E-state index contributed by atoms with van der Waals surface area (Å²) < 4.78 is 38.1. The van der Waals surface area contributed by atoms with Crippen LogP contribution in [0.2, 0.25) is 0 Å². The molecule has 0 spiro atoms. The number of esters is 1. The summed E-state index contributed by atoms with van der Waals surface area (Å²) in [4.78, 5) is 37.4. The van der Waals surface area contributed by atoms with Crippen molar-refractivity contribution in [2.75, 3.05) is 13.7 Å². The van der Waals surface area contributed by atoms with Crippen molar-refractivity contribution in [3.8, 4) is 5.75 Å². The number of H-pyrrole nitrogens is 1. The summed E-state index contributed by atoms with van der Waals surface area (Å²) in [5.41, 5.74) is -3.97. The van der Waals surface area contributed by atoms with E-state index in [-0.39, 0.29) is 0 Å². The first kappa shape index (κ1) is 26.2. The van der Waals surface area contributed by atoms with Gasteiger partial charge in [-0.1, -0.05) is 18.2 Å². The van der Waals surface area contributed by atoms with Crippen molar-refractivity contribution in [2.45, 2.75) is 44.0 Å². The monoisotopic (exact) mass is 517 g/mol. The molecule has 1 aromatic carbocycles. The fourth-order valence-electron chi connectivity index (χ4n) is 3.31. The molecule has 2 heterocycles. The number of nitrogens with one attached hydrogen (secondary N) is 2. The van der Waals surface area contributed by atoms with Gasteiger partial charge in [0, 0.05) is 12.3 Å². The molecule has 1 aliphatic heterocycles. The van der Waals surface area contributed by atoms with Gasteiger partial charge in [0.05, 0.1) is 13.7 Å². The molecule has 1 aromatic heterocycles. The standard InChI is InChI=1S/C20H25FN3O8PS/c1-12(17(27)29-3)23-33(34,32-13-7-5-4-6-8-13)30-11-14-16(26)20(2,21)18(31-14)24-10-9-15(25)22-19(24)28/h4-10,12,14,16,18,26H,11H2,1-3H3,(H,23,34)(H,22,25,28)/t12-,14+,16+,18+,20+,33?/m0/s1. The van der Waals surface area contributed by atoms with E-state index in [1.54, 1.807) is 30.3 Å². The maximum Gasteiger partial charge on any atom is 0.330 e. The molecule has 0 aliphatic carbocycles. The number of aliphatic hydroxyl groups excluding tert-OH is 1. The van der Waals surface area contributed by atoms with E-state index in [0.29, 0.717) is 5.75 Å². The number of aromatic nitrogens is 2. The number of hydrogen-bond acceptors (Lipinski definition) is 9. The van der Waals surface area contributed by atoms with E-state index in [1.165, 1.54) is 14.0 Å². The summed E-state index contributed by atoms with van der Waals surface area (Å²) in [5.74, 6) is -0.253. The van der Waals surface area contributed by atoms with Crippen LogP contribution in [-0.4, -0.2) is 58.3 Å². The number of para-hydroxylation sites is 1. The van der Waals surface area contributed by atoms with Crippen molar-refractivity contribution in [2.24, 2.45) is 0 Å². The van der Waals surface area contributed by atoms with Gasteiger partial charge in [-0.2, -0.15) is 0 Å². The van der Waals surface area contributed by atoms with Gasteiger partial charge in [-0.25, -0.2) is 14.3 Å². The van der Waals surface area contributed by atoms with Crippen molar-refractivity contribution < 1.29 is 32.8 Å². The van der Waals surface area contributed by atoms with Crippen molar-refractivity contribution >= 4 is 24.4 Å². The lowest BCUT2D eigenvalue weighted by atomic mass is 9.98. The Bertz CT molecular complexity index is 1170. The lowest BCUT2D eigenvalue weighted by Crippen LogP contribution is -2.43. The normalized spacial score (nSPS) is 27.0. The first-order chi connectivity index (χ1) is 16.0. The molecule has 1 unspecified atom stereocenters. The SMILES string of the molecule is COC(=O)[C@H](C)NP(=S)(OC[C@H]1O[C@@H](n2ccc(=O)[nH]c2=O)[C@](C)(F)[C@@H]1O)Oc1ccccc1. The number of ether oxygens (including phenoxy) is 2. The molecule has 0 amide bonds. The third-order valence-electron chi connectivity index (χ3n) is 5.10. The van der Waals surface area contributed by atoms with E-state index in [2.05, 4.69) is 5.09 Å². The molecule has 3 rings (SSSR count). The number of halogens is 1. The molecular formula is C20H25FN3O8PS. The molecule has 6 atom stereocenters. The second kappa shape index (κ2) is 10.5. The van der Waals surface area contributed by atoms with Gasteiger partial charge in [0.2, 0.25) is 0 Å². The van der Waals surface area contributed by atoms with Crippen LogP contribution in [0.25, 0.3) is 0 Å². The topological polar surface area (TPSA) is 141 Å². The molecule has 0 saturated carbocycles. The molecule has 14 heteroatoms. The highest BCUT2D eigenvalue weighted by atomic mass is 32.5. The van der Waals surface area contributed by atoms with Gasteiger partial charge in [-0.3, -0.25) is 19.1 Å². The van der Waals surface area contributed by atoms with Crippen molar-refractivity contribution in [3.63, 3.8) is 0 Å². The number of alkyl halides is 1. The van der Waals surface area contributed by atoms with Crippen LogP contribution in [0.1, 0.15) is 20.1 Å². The fourth-order valence-corrected chi connectivity index (χ4v) is 5.73. The molecule has 1 aliphatic rings. The maximum absolute atomic E-state index is 15.4. The highest BCUT2D eigenvalue weighted by Crippen LogP contribution is 2.47. The Morgan fingerprint density at radius 1 is 1.38 bits per heavy atom. The fraction of sp³-hybridized carbons (Fsp3) is 0.450. The first-order valence-electron chi connectivity index (χ1n) is 10.2. The molecule has 1 fully saturated rings. The maximum atomic E-state index is 15.4. The Kier molecular flexibility index (Phi) is 8.06. The predicted octanol–water partition coefficient (Wildman–Crippen LogP) is 0.994. The van der Waals surface area contributed by atoms with Crippen molar-refractivity contribution in [1.82, 2.24) is 14.6 Å². The highest BCUT2D eigenvalue weighted by molar-refractivity contribution is 8.09. The number of carbonyl (C=O) groups is 1. The average molecular weight is 517 g/mol. The number of aliphatic hydroxyl groups is 1. The summed E-state index contributed by atoms with van der Waals surface area (Å²) in [6.45, 7) is -1.30. The predicted molar refractivity (Wildman–Crippen MR) is 123 cm³/mol. The highest BCUT2D eigenvalue weighted by Gasteiger charge is 2.55. The van der Waals surface area contributed by atoms with E-state index >= 15 is 4.39 Å². The van der Waals surface area contributed by atoms with E-state index in [1.807, 2.05) is 4.98 Å². The number of benzene rings is 1. The Morgan fingerprint density at radius 3 is 2.68 bits per heavy atom. The van der Waals surface area contributed by atoms with E-state index in [0.717, 1.165) is 23.8 Å². The van der Waals surface area contributed by atoms with Crippen LogP contribution in [-0.2, 0) is 30.6 Å². The smallest absolute Gasteiger partial charge is 0.330 e. The largest absolute Gasteiger partial charge is 0.468 e. The minimum Gasteiger partial charge on any atom is -0.468 e. The average Bonchev–Trinajstić information content (AvgIpc) is 3.01. The minimum atomic E-state index is -3.44. The van der Waals surface area contributed by atoms with Gasteiger partial charge in [-0.05, 0) is 37.8 Å². The molecule has 3 N–H and O–H groups in total. The van der Waals surface area contributed by atoms with Crippen LogP contribution in [0.5, 0.6) is 5.75 Å².